The Hall–Kier alpha value is 2.08. The normalized spacial score (nSPS) is 12.0. The van der Waals surface area contributed by atoms with Crippen LogP contribution in [0.2, 0.25) is 35.1 Å². The van der Waals surface area contributed by atoms with Gasteiger partial charge in [-0.3, -0.25) is 0 Å². The van der Waals surface area contributed by atoms with Gasteiger partial charge >= 0.3 is 135 Å². The van der Waals surface area contributed by atoms with Crippen LogP contribution in [0.15, 0.2) is 0 Å². The van der Waals surface area contributed by atoms with Crippen LogP contribution in [0.3, 0.4) is 0 Å². The molecule has 0 unspecified atom stereocenters. The Morgan fingerprint density at radius 1 is 0.706 bits per heavy atom. The molecule has 0 rings (SSSR count). The maximum atomic E-state index is 2.53. The Morgan fingerprint density at radius 2 is 1.12 bits per heavy atom. The van der Waals surface area contributed by atoms with Crippen LogP contribution in [0.5, 0.6) is 0 Å². The van der Waals surface area contributed by atoms with Crippen molar-refractivity contribution in [3.05, 3.63) is 0 Å². The van der Waals surface area contributed by atoms with Gasteiger partial charge in [-0.25, -0.2) is 0 Å². The van der Waals surface area contributed by atoms with E-state index in [1.54, 1.807) is 10.6 Å². The molecule has 0 saturated carbocycles. The van der Waals surface area contributed by atoms with Gasteiger partial charge in [0.15, 0.2) is 0 Å². The predicted octanol–water partition coefficient (Wildman–Crippen LogP) is 4.29. The van der Waals surface area contributed by atoms with Gasteiger partial charge in [0.1, 0.15) is 0 Å². The Morgan fingerprint density at radius 3 is 1.47 bits per heavy atom. The van der Waals surface area contributed by atoms with Gasteiger partial charge in [0, 0.05) is 0 Å². The molecule has 0 radical (unpaired) electrons. The number of rotatable bonds is 12. The van der Waals surface area contributed by atoms with E-state index in [4.69, 9.17) is 0 Å². The first-order valence-electron chi connectivity index (χ1n) is 6.55. The summed E-state index contributed by atoms with van der Waals surface area (Å²) in [5, 5.41) is 9.03. The van der Waals surface area contributed by atoms with Gasteiger partial charge in [-0.1, -0.05) is 0 Å². The van der Waals surface area contributed by atoms with E-state index >= 15 is 0 Å². The number of hydrogen-bond acceptors (Lipinski definition) is 0. The van der Waals surface area contributed by atoms with Gasteiger partial charge in [0.2, 0.25) is 0 Å². The van der Waals surface area contributed by atoms with E-state index < -0.39 is 0 Å². The van der Waals surface area contributed by atoms with Crippen LogP contribution in [0.25, 0.3) is 0 Å². The van der Waals surface area contributed by atoms with Crippen molar-refractivity contribution in [3.63, 3.8) is 0 Å². The van der Waals surface area contributed by atoms with Crippen LogP contribution in [-0.2, 0) is 0 Å². The van der Waals surface area contributed by atoms with E-state index in [2.05, 4.69) is 27.7 Å². The topological polar surface area (TPSA) is 0 Å². The first-order valence-corrected chi connectivity index (χ1v) is 15.5. The van der Waals surface area contributed by atoms with E-state index in [1.165, 1.54) is 34.1 Å². The molecule has 0 aromatic carbocycles. The molecular formula is C13H28Se4. The van der Waals surface area contributed by atoms with E-state index in [1.807, 2.05) is 0 Å². The summed E-state index contributed by atoms with van der Waals surface area (Å²) >= 11 is 3.72. The number of hydrogen-bond donors (Lipinski definition) is 0. The molecule has 0 N–H and O–H groups in total. The van der Waals surface area contributed by atoms with Crippen molar-refractivity contribution in [1.82, 2.24) is 0 Å². The van der Waals surface area contributed by atoms with Gasteiger partial charge in [0.05, 0.1) is 0 Å². The third-order valence-corrected chi connectivity index (χ3v) is 13.9. The molecule has 0 aromatic rings. The van der Waals surface area contributed by atoms with Gasteiger partial charge in [0.25, 0.3) is 0 Å². The molecule has 4 heteroatoms. The molecule has 0 spiro atoms. The van der Waals surface area contributed by atoms with Crippen LogP contribution in [0.4, 0.5) is 0 Å². The third-order valence-electron chi connectivity index (χ3n) is 2.17. The summed E-state index contributed by atoms with van der Waals surface area (Å²) in [6.07, 6.45) is 3.04. The van der Waals surface area contributed by atoms with Crippen LogP contribution in [0, 0.1) is 0 Å². The van der Waals surface area contributed by atoms with Crippen molar-refractivity contribution in [2.45, 2.75) is 75.7 Å². The fourth-order valence-corrected chi connectivity index (χ4v) is 12.0. The standard InChI is InChI=1S/C13H28Se4/c1-5-14-9-7-11-16-13(3,4)17-12-8-10-15-6-2/h5-12H2,1-4H3. The molecule has 0 saturated heterocycles. The summed E-state index contributed by atoms with van der Waals surface area (Å²) in [7, 11) is 0. The molecular weight excluding hydrogens is 472 g/mol. The molecule has 0 aliphatic carbocycles. The zero-order chi connectivity index (χ0) is 13.0. The fraction of sp³-hybridized carbons (Fsp3) is 1.00. The van der Waals surface area contributed by atoms with Crippen LogP contribution < -0.4 is 0 Å². The maximum absolute atomic E-state index is 2.53. The molecule has 0 fully saturated rings. The van der Waals surface area contributed by atoms with E-state index in [0.29, 0.717) is 0 Å². The summed E-state index contributed by atoms with van der Waals surface area (Å²) in [6, 6.07) is 0. The summed E-state index contributed by atoms with van der Waals surface area (Å²) < 4.78 is 0.735. The van der Waals surface area contributed by atoms with Crippen molar-refractivity contribution >= 4 is 59.8 Å². The molecule has 0 bridgehead atoms. The molecule has 0 aliphatic heterocycles. The second-order valence-corrected chi connectivity index (χ2v) is 18.6. The first-order chi connectivity index (χ1) is 8.12. The first kappa shape index (κ1) is 19.1. The SMILES string of the molecule is CC[Se]CCC[Se]C(C)(C)[Se]CCC[Se]CC. The predicted molar refractivity (Wildman–Crippen MR) is 86.5 cm³/mol. The minimum absolute atomic E-state index is 0.735. The van der Waals surface area contributed by atoms with Crippen LogP contribution >= 0.6 is 0 Å². The van der Waals surface area contributed by atoms with E-state index in [-0.39, 0.29) is 0 Å². The Kier molecular flexibility index (Phi) is 14.7. The molecule has 17 heavy (non-hydrogen) atoms. The second-order valence-electron chi connectivity index (χ2n) is 4.20. The quantitative estimate of drug-likeness (QED) is 0.277. The Balaban J connectivity index is 3.38. The third kappa shape index (κ3) is 14.3. The fourth-order valence-electron chi connectivity index (χ4n) is 1.29. The van der Waals surface area contributed by atoms with Gasteiger partial charge < -0.3 is 0 Å². The molecule has 0 aliphatic rings. The average molecular weight is 500 g/mol. The van der Waals surface area contributed by atoms with Crippen LogP contribution in [0.1, 0.15) is 40.5 Å². The molecule has 0 amide bonds. The minimum atomic E-state index is 0.735. The van der Waals surface area contributed by atoms with Gasteiger partial charge in [-0.05, 0) is 0 Å². The molecule has 104 valence electrons. The average Bonchev–Trinajstić information content (AvgIpc) is 2.28. The Labute approximate surface area is 134 Å². The van der Waals surface area contributed by atoms with Crippen molar-refractivity contribution < 1.29 is 0 Å². The van der Waals surface area contributed by atoms with E-state index in [9.17, 15) is 0 Å². The van der Waals surface area contributed by atoms with Crippen molar-refractivity contribution in [2.24, 2.45) is 0 Å². The Bertz CT molecular complexity index is 143. The van der Waals surface area contributed by atoms with Crippen LogP contribution in [-0.4, -0.2) is 59.8 Å². The summed E-state index contributed by atoms with van der Waals surface area (Å²) in [4.78, 5) is 0. The summed E-state index contributed by atoms with van der Waals surface area (Å²) in [5.74, 6) is 0. The van der Waals surface area contributed by atoms with Crippen molar-refractivity contribution in [1.29, 1.82) is 0 Å². The summed E-state index contributed by atoms with van der Waals surface area (Å²) in [6.45, 7) is 9.72. The van der Waals surface area contributed by atoms with Crippen molar-refractivity contribution in [2.75, 3.05) is 0 Å². The van der Waals surface area contributed by atoms with Gasteiger partial charge in [-0.15, -0.1) is 0 Å². The zero-order valence-electron chi connectivity index (χ0n) is 11.8. The monoisotopic (exact) mass is 504 g/mol. The second kappa shape index (κ2) is 13.1. The molecule has 0 nitrogen and oxygen atoms in total. The van der Waals surface area contributed by atoms with E-state index in [0.717, 1.165) is 63.0 Å². The molecule has 0 atom stereocenters. The van der Waals surface area contributed by atoms with Crippen molar-refractivity contribution in [3.8, 4) is 0 Å². The summed E-state index contributed by atoms with van der Waals surface area (Å²) in [5.41, 5.74) is 0. The zero-order valence-corrected chi connectivity index (χ0v) is 18.6. The van der Waals surface area contributed by atoms with Gasteiger partial charge in [-0.2, -0.15) is 0 Å². The molecule has 0 aromatic heterocycles. The molecule has 0 heterocycles.